The van der Waals surface area contributed by atoms with Crippen LogP contribution in [-0.2, 0) is 14.3 Å². The van der Waals surface area contributed by atoms with Crippen molar-refractivity contribution in [1.29, 1.82) is 0 Å². The van der Waals surface area contributed by atoms with E-state index in [1.54, 1.807) is 11.0 Å². The quantitative estimate of drug-likeness (QED) is 0.438. The van der Waals surface area contributed by atoms with E-state index in [-0.39, 0.29) is 31.4 Å². The molecule has 1 atom stereocenters. The lowest BCUT2D eigenvalue weighted by Crippen LogP contribution is -2.49. The van der Waals surface area contributed by atoms with Crippen molar-refractivity contribution >= 4 is 18.0 Å². The minimum absolute atomic E-state index is 0.0718. The first-order valence-electron chi connectivity index (χ1n) is 12.2. The molecule has 0 saturated heterocycles. The van der Waals surface area contributed by atoms with E-state index in [9.17, 15) is 14.4 Å². The van der Waals surface area contributed by atoms with Crippen molar-refractivity contribution in [3.8, 4) is 11.1 Å². The third-order valence-electron chi connectivity index (χ3n) is 6.68. The Morgan fingerprint density at radius 3 is 2.29 bits per heavy atom. The van der Waals surface area contributed by atoms with E-state index in [2.05, 4.69) is 36.2 Å². The maximum absolute atomic E-state index is 13.3. The Morgan fingerprint density at radius 1 is 1.09 bits per heavy atom. The van der Waals surface area contributed by atoms with Gasteiger partial charge in [0, 0.05) is 19.0 Å². The highest BCUT2D eigenvalue weighted by Crippen LogP contribution is 2.44. The Morgan fingerprint density at radius 2 is 1.71 bits per heavy atom. The molecule has 2 aliphatic carbocycles. The average Bonchev–Trinajstić information content (AvgIpc) is 3.63. The number of carboxylic acid groups (broad SMARTS) is 1. The molecule has 2 aromatic rings. The van der Waals surface area contributed by atoms with Crippen LogP contribution in [0.3, 0.4) is 0 Å². The summed E-state index contributed by atoms with van der Waals surface area (Å²) in [6, 6.07) is 15.4. The van der Waals surface area contributed by atoms with Crippen molar-refractivity contribution in [2.45, 2.75) is 44.1 Å². The Kier molecular flexibility index (Phi) is 7.85. The molecule has 4 rings (SSSR count). The predicted molar refractivity (Wildman–Crippen MR) is 133 cm³/mol. The van der Waals surface area contributed by atoms with Gasteiger partial charge >= 0.3 is 12.1 Å². The third kappa shape index (κ3) is 6.10. The third-order valence-corrected chi connectivity index (χ3v) is 6.68. The Balaban J connectivity index is 1.41. The van der Waals surface area contributed by atoms with Gasteiger partial charge in [-0.3, -0.25) is 9.59 Å². The molecule has 2 amide bonds. The molecular weight excluding hydrogens is 444 g/mol. The van der Waals surface area contributed by atoms with Gasteiger partial charge in [0.25, 0.3) is 0 Å². The zero-order valence-corrected chi connectivity index (χ0v) is 19.8. The van der Waals surface area contributed by atoms with Gasteiger partial charge in [-0.15, -0.1) is 6.58 Å². The van der Waals surface area contributed by atoms with Crippen molar-refractivity contribution in [1.82, 2.24) is 10.2 Å². The van der Waals surface area contributed by atoms with E-state index in [1.807, 2.05) is 24.3 Å². The SMILES string of the molecule is C=CCCC(NC(=O)OCC1c2ccccc2-c2ccccc21)C(=O)N(CCC(=O)O)CC1CC1. The lowest BCUT2D eigenvalue weighted by molar-refractivity contribution is -0.139. The van der Waals surface area contributed by atoms with Crippen molar-refractivity contribution in [2.75, 3.05) is 19.7 Å². The molecule has 7 nitrogen and oxygen atoms in total. The number of fused-ring (bicyclic) bond motifs is 3. The molecule has 35 heavy (non-hydrogen) atoms. The molecule has 184 valence electrons. The highest BCUT2D eigenvalue weighted by molar-refractivity contribution is 5.86. The van der Waals surface area contributed by atoms with Gasteiger partial charge in [-0.2, -0.15) is 0 Å². The molecular formula is C28H32N2O5. The summed E-state index contributed by atoms with van der Waals surface area (Å²) in [4.78, 5) is 38.7. The molecule has 1 fully saturated rings. The summed E-state index contributed by atoms with van der Waals surface area (Å²) in [6.07, 6.45) is 3.90. The number of ether oxygens (including phenoxy) is 1. The Hall–Kier alpha value is -3.61. The number of aliphatic carboxylic acids is 1. The number of benzene rings is 2. The largest absolute Gasteiger partial charge is 0.481 e. The zero-order chi connectivity index (χ0) is 24.8. The number of carbonyl (C=O) groups is 3. The number of nitrogens with zero attached hydrogens (tertiary/aromatic N) is 1. The standard InChI is InChI=1S/C28H32N2O5/c1-2-3-12-25(27(33)30(16-15-26(31)32)17-19-13-14-19)29-28(34)35-18-24-22-10-6-4-8-20(22)21-9-5-7-11-23(21)24/h2,4-11,19,24-25H,1,3,12-18H2,(H,29,34)(H,31,32). The number of carbonyl (C=O) groups excluding carboxylic acids is 2. The van der Waals surface area contributed by atoms with Gasteiger partial charge in [-0.05, 0) is 53.9 Å². The summed E-state index contributed by atoms with van der Waals surface area (Å²) in [7, 11) is 0. The molecule has 1 saturated carbocycles. The van der Waals surface area contributed by atoms with Crippen molar-refractivity contribution in [3.63, 3.8) is 0 Å². The molecule has 0 bridgehead atoms. The lowest BCUT2D eigenvalue weighted by atomic mass is 9.98. The first-order valence-corrected chi connectivity index (χ1v) is 12.2. The van der Waals surface area contributed by atoms with E-state index in [0.717, 1.165) is 35.1 Å². The van der Waals surface area contributed by atoms with Crippen molar-refractivity contribution in [2.24, 2.45) is 5.92 Å². The van der Waals surface area contributed by atoms with Crippen LogP contribution in [0.2, 0.25) is 0 Å². The number of allylic oxidation sites excluding steroid dienone is 1. The zero-order valence-electron chi connectivity index (χ0n) is 19.8. The molecule has 2 aromatic carbocycles. The monoisotopic (exact) mass is 476 g/mol. The maximum Gasteiger partial charge on any atom is 0.407 e. The van der Waals surface area contributed by atoms with Crippen LogP contribution in [0.15, 0.2) is 61.2 Å². The lowest BCUT2D eigenvalue weighted by Gasteiger charge is -2.27. The normalized spacial score (nSPS) is 15.0. The van der Waals surface area contributed by atoms with Crippen LogP contribution in [-0.4, -0.2) is 53.7 Å². The second-order valence-corrected chi connectivity index (χ2v) is 9.26. The summed E-state index contributed by atoms with van der Waals surface area (Å²) in [6.45, 7) is 4.52. The number of carboxylic acids is 1. The molecule has 1 unspecified atom stereocenters. The second-order valence-electron chi connectivity index (χ2n) is 9.26. The minimum atomic E-state index is -0.953. The van der Waals surface area contributed by atoms with Crippen LogP contribution in [0.25, 0.3) is 11.1 Å². The van der Waals surface area contributed by atoms with Gasteiger partial charge < -0.3 is 20.1 Å². The van der Waals surface area contributed by atoms with Gasteiger partial charge in [0.05, 0.1) is 6.42 Å². The van der Waals surface area contributed by atoms with Gasteiger partial charge in [0.15, 0.2) is 0 Å². The number of alkyl carbamates (subject to hydrolysis) is 1. The first kappa shape index (κ1) is 24.5. The minimum Gasteiger partial charge on any atom is -0.481 e. The van der Waals surface area contributed by atoms with Crippen molar-refractivity contribution < 1.29 is 24.2 Å². The highest BCUT2D eigenvalue weighted by atomic mass is 16.5. The fourth-order valence-corrected chi connectivity index (χ4v) is 4.68. The van der Waals surface area contributed by atoms with Crippen LogP contribution in [0, 0.1) is 5.92 Å². The Labute approximate surface area is 205 Å². The summed E-state index contributed by atoms with van der Waals surface area (Å²) in [5.41, 5.74) is 4.52. The number of amides is 2. The molecule has 0 radical (unpaired) electrons. The van der Waals surface area contributed by atoms with Crippen molar-refractivity contribution in [3.05, 3.63) is 72.3 Å². The fraction of sp³-hybridized carbons (Fsp3) is 0.393. The van der Waals surface area contributed by atoms with Crippen LogP contribution in [0.4, 0.5) is 4.79 Å². The summed E-state index contributed by atoms with van der Waals surface area (Å²) >= 11 is 0. The van der Waals surface area contributed by atoms with Gasteiger partial charge in [-0.1, -0.05) is 54.6 Å². The molecule has 7 heteroatoms. The van der Waals surface area contributed by atoms with E-state index in [1.165, 1.54) is 0 Å². The molecule has 0 heterocycles. The first-order chi connectivity index (χ1) is 17.0. The van der Waals surface area contributed by atoms with Gasteiger partial charge in [0.1, 0.15) is 12.6 Å². The maximum atomic E-state index is 13.3. The number of nitrogens with one attached hydrogen (secondary N) is 1. The van der Waals surface area contributed by atoms with Gasteiger partial charge in [-0.25, -0.2) is 4.79 Å². The molecule has 2 N–H and O–H groups in total. The summed E-state index contributed by atoms with van der Waals surface area (Å²) in [5, 5.41) is 11.8. The molecule has 2 aliphatic rings. The summed E-state index contributed by atoms with van der Waals surface area (Å²) < 4.78 is 5.63. The summed E-state index contributed by atoms with van der Waals surface area (Å²) in [5.74, 6) is -0.890. The highest BCUT2D eigenvalue weighted by Gasteiger charge is 2.32. The van der Waals surface area contributed by atoms with Crippen LogP contribution in [0.1, 0.15) is 49.1 Å². The smallest absolute Gasteiger partial charge is 0.407 e. The van der Waals surface area contributed by atoms with E-state index >= 15 is 0 Å². The molecule has 0 aliphatic heterocycles. The van der Waals surface area contributed by atoms with Crippen LogP contribution >= 0.6 is 0 Å². The predicted octanol–water partition coefficient (Wildman–Crippen LogP) is 4.57. The molecule has 0 aromatic heterocycles. The number of hydrogen-bond acceptors (Lipinski definition) is 4. The fourth-order valence-electron chi connectivity index (χ4n) is 4.68. The number of hydrogen-bond donors (Lipinski definition) is 2. The van der Waals surface area contributed by atoms with Crippen LogP contribution < -0.4 is 5.32 Å². The van der Waals surface area contributed by atoms with Gasteiger partial charge in [0.2, 0.25) is 5.91 Å². The van der Waals surface area contributed by atoms with E-state index in [4.69, 9.17) is 9.84 Å². The van der Waals surface area contributed by atoms with Crippen LogP contribution in [0.5, 0.6) is 0 Å². The molecule has 0 spiro atoms. The second kappa shape index (κ2) is 11.2. The average molecular weight is 477 g/mol. The Bertz CT molecular complexity index is 1050. The van der Waals surface area contributed by atoms with E-state index < -0.39 is 18.1 Å². The topological polar surface area (TPSA) is 95.9 Å². The number of rotatable bonds is 12. The van der Waals surface area contributed by atoms with E-state index in [0.29, 0.717) is 25.3 Å².